The zero-order chi connectivity index (χ0) is 9.68. The number of amides is 1. The van der Waals surface area contributed by atoms with Gasteiger partial charge in [0.05, 0.1) is 6.10 Å². The molecule has 1 unspecified atom stereocenters. The highest BCUT2D eigenvalue weighted by atomic mass is 32.1. The molecule has 0 saturated heterocycles. The Morgan fingerprint density at radius 1 is 1.69 bits per heavy atom. The molecule has 5 heteroatoms. The van der Waals surface area contributed by atoms with E-state index in [0.29, 0.717) is 6.42 Å². The molecule has 1 aromatic heterocycles. The number of hydrogen-bond donors (Lipinski definition) is 3. The second-order valence-corrected chi connectivity index (χ2v) is 3.37. The van der Waals surface area contributed by atoms with E-state index in [1.54, 1.807) is 0 Å². The van der Waals surface area contributed by atoms with E-state index in [1.165, 1.54) is 11.3 Å². The molecule has 1 rings (SSSR count). The van der Waals surface area contributed by atoms with Gasteiger partial charge >= 0.3 is 6.09 Å². The van der Waals surface area contributed by atoms with Gasteiger partial charge in [-0.25, -0.2) is 4.79 Å². The maximum atomic E-state index is 10.1. The Morgan fingerprint density at radius 3 is 3.00 bits per heavy atom. The Balaban J connectivity index is 2.26. The van der Waals surface area contributed by atoms with Gasteiger partial charge in [-0.1, -0.05) is 0 Å². The van der Waals surface area contributed by atoms with Crippen molar-refractivity contribution in [3.05, 3.63) is 22.4 Å². The highest BCUT2D eigenvalue weighted by Crippen LogP contribution is 2.18. The van der Waals surface area contributed by atoms with Crippen molar-refractivity contribution < 1.29 is 15.0 Å². The van der Waals surface area contributed by atoms with Crippen LogP contribution in [0.15, 0.2) is 16.8 Å². The summed E-state index contributed by atoms with van der Waals surface area (Å²) in [5.74, 6) is 0. The van der Waals surface area contributed by atoms with Gasteiger partial charge in [-0.05, 0) is 28.8 Å². The molecule has 0 aliphatic carbocycles. The van der Waals surface area contributed by atoms with Crippen molar-refractivity contribution in [1.29, 1.82) is 0 Å². The summed E-state index contributed by atoms with van der Waals surface area (Å²) < 4.78 is 0. The first-order valence-electron chi connectivity index (χ1n) is 3.87. The molecule has 0 aliphatic heterocycles. The fourth-order valence-electron chi connectivity index (χ4n) is 0.947. The maximum absolute atomic E-state index is 10.1. The first kappa shape index (κ1) is 10.0. The minimum absolute atomic E-state index is 0.270. The van der Waals surface area contributed by atoms with Crippen molar-refractivity contribution in [1.82, 2.24) is 5.32 Å². The van der Waals surface area contributed by atoms with E-state index in [2.05, 4.69) is 5.32 Å². The van der Waals surface area contributed by atoms with Gasteiger partial charge in [0.25, 0.3) is 0 Å². The lowest BCUT2D eigenvalue weighted by molar-refractivity contribution is 0.162. The molecule has 13 heavy (non-hydrogen) atoms. The van der Waals surface area contributed by atoms with Crippen molar-refractivity contribution in [2.24, 2.45) is 0 Å². The lowest BCUT2D eigenvalue weighted by Crippen LogP contribution is -2.23. The zero-order valence-electron chi connectivity index (χ0n) is 6.93. The minimum atomic E-state index is -1.06. The number of aliphatic hydroxyl groups excluding tert-OH is 1. The molecule has 1 heterocycles. The Morgan fingerprint density at radius 2 is 2.46 bits per heavy atom. The molecule has 0 radical (unpaired) electrons. The number of hydrogen-bond acceptors (Lipinski definition) is 3. The molecule has 0 bridgehead atoms. The largest absolute Gasteiger partial charge is 0.465 e. The van der Waals surface area contributed by atoms with E-state index in [0.717, 1.165) is 5.56 Å². The first-order chi connectivity index (χ1) is 6.20. The maximum Gasteiger partial charge on any atom is 0.404 e. The number of aliphatic hydroxyl groups is 1. The van der Waals surface area contributed by atoms with Crippen LogP contribution in [0.2, 0.25) is 0 Å². The van der Waals surface area contributed by atoms with Crippen LogP contribution in [0.1, 0.15) is 18.1 Å². The third-order valence-corrected chi connectivity index (χ3v) is 2.32. The van der Waals surface area contributed by atoms with E-state index in [4.69, 9.17) is 5.11 Å². The Bertz CT molecular complexity index is 260. The van der Waals surface area contributed by atoms with Gasteiger partial charge in [-0.2, -0.15) is 11.3 Å². The average molecular weight is 201 g/mol. The summed E-state index contributed by atoms with van der Waals surface area (Å²) in [7, 11) is 0. The predicted octanol–water partition coefficient (Wildman–Crippen LogP) is 1.44. The van der Waals surface area contributed by atoms with Crippen LogP contribution in [0, 0.1) is 0 Å². The van der Waals surface area contributed by atoms with Gasteiger partial charge in [0.15, 0.2) is 0 Å². The third kappa shape index (κ3) is 3.43. The molecule has 1 amide bonds. The average Bonchev–Trinajstić information content (AvgIpc) is 2.55. The lowest BCUT2D eigenvalue weighted by atomic mass is 10.1. The molecular weight excluding hydrogens is 190 g/mol. The van der Waals surface area contributed by atoms with E-state index in [1.807, 2.05) is 16.8 Å². The summed E-state index contributed by atoms with van der Waals surface area (Å²) in [5, 5.41) is 23.7. The van der Waals surface area contributed by atoms with Gasteiger partial charge in [-0.15, -0.1) is 0 Å². The van der Waals surface area contributed by atoms with Gasteiger partial charge in [-0.3, -0.25) is 0 Å². The van der Waals surface area contributed by atoms with E-state index in [-0.39, 0.29) is 6.54 Å². The minimum Gasteiger partial charge on any atom is -0.465 e. The van der Waals surface area contributed by atoms with Crippen LogP contribution in [0.25, 0.3) is 0 Å². The lowest BCUT2D eigenvalue weighted by Gasteiger charge is -2.07. The van der Waals surface area contributed by atoms with Gasteiger partial charge in [0.1, 0.15) is 0 Å². The fraction of sp³-hybridized carbons (Fsp3) is 0.375. The van der Waals surface area contributed by atoms with Crippen LogP contribution in [-0.4, -0.2) is 22.9 Å². The zero-order valence-corrected chi connectivity index (χ0v) is 7.75. The SMILES string of the molecule is O=C(O)NCCC(O)c1ccsc1. The summed E-state index contributed by atoms with van der Waals surface area (Å²) in [6, 6.07) is 1.83. The standard InChI is InChI=1S/C8H11NO3S/c10-7(1-3-9-8(11)12)6-2-4-13-5-6/h2,4-5,7,9-10H,1,3H2,(H,11,12). The number of carboxylic acid groups (broad SMARTS) is 1. The molecule has 4 nitrogen and oxygen atoms in total. The summed E-state index contributed by atoms with van der Waals surface area (Å²) in [5.41, 5.74) is 0.845. The highest BCUT2D eigenvalue weighted by Gasteiger charge is 2.07. The van der Waals surface area contributed by atoms with E-state index in [9.17, 15) is 9.90 Å². The topological polar surface area (TPSA) is 69.6 Å². The predicted molar refractivity (Wildman–Crippen MR) is 49.9 cm³/mol. The molecule has 0 fully saturated rings. The van der Waals surface area contributed by atoms with Gasteiger partial charge < -0.3 is 15.5 Å². The normalized spacial score (nSPS) is 12.4. The monoisotopic (exact) mass is 201 g/mol. The number of rotatable bonds is 4. The van der Waals surface area contributed by atoms with Crippen molar-refractivity contribution >= 4 is 17.4 Å². The third-order valence-electron chi connectivity index (χ3n) is 1.62. The van der Waals surface area contributed by atoms with Crippen LogP contribution in [0.5, 0.6) is 0 Å². The molecule has 0 saturated carbocycles. The van der Waals surface area contributed by atoms with Crippen LogP contribution in [0.4, 0.5) is 4.79 Å². The van der Waals surface area contributed by atoms with Crippen LogP contribution < -0.4 is 5.32 Å². The van der Waals surface area contributed by atoms with E-state index < -0.39 is 12.2 Å². The highest BCUT2D eigenvalue weighted by molar-refractivity contribution is 7.07. The van der Waals surface area contributed by atoms with Crippen molar-refractivity contribution in [3.63, 3.8) is 0 Å². The fourth-order valence-corrected chi connectivity index (χ4v) is 1.65. The van der Waals surface area contributed by atoms with Crippen LogP contribution in [0.3, 0.4) is 0 Å². The Hall–Kier alpha value is -1.07. The Kier molecular flexibility index (Phi) is 3.72. The van der Waals surface area contributed by atoms with Crippen molar-refractivity contribution in [2.75, 3.05) is 6.54 Å². The molecule has 0 aromatic carbocycles. The van der Waals surface area contributed by atoms with Crippen molar-refractivity contribution in [3.8, 4) is 0 Å². The summed E-state index contributed by atoms with van der Waals surface area (Å²) >= 11 is 1.51. The smallest absolute Gasteiger partial charge is 0.404 e. The second-order valence-electron chi connectivity index (χ2n) is 2.59. The molecule has 1 aromatic rings. The van der Waals surface area contributed by atoms with Crippen LogP contribution >= 0.6 is 11.3 Å². The second kappa shape index (κ2) is 4.84. The molecule has 0 aliphatic rings. The van der Waals surface area contributed by atoms with Gasteiger partial charge in [0.2, 0.25) is 0 Å². The number of nitrogens with one attached hydrogen (secondary N) is 1. The summed E-state index contributed by atoms with van der Waals surface area (Å²) in [6.45, 7) is 0.270. The molecule has 72 valence electrons. The summed E-state index contributed by atoms with van der Waals surface area (Å²) in [4.78, 5) is 10.1. The van der Waals surface area contributed by atoms with E-state index >= 15 is 0 Å². The quantitative estimate of drug-likeness (QED) is 0.690. The first-order valence-corrected chi connectivity index (χ1v) is 4.81. The molecular formula is C8H11NO3S. The van der Waals surface area contributed by atoms with Crippen LogP contribution in [-0.2, 0) is 0 Å². The molecule has 3 N–H and O–H groups in total. The van der Waals surface area contributed by atoms with Crippen molar-refractivity contribution in [2.45, 2.75) is 12.5 Å². The number of carbonyl (C=O) groups is 1. The van der Waals surface area contributed by atoms with Gasteiger partial charge in [0, 0.05) is 6.54 Å². The summed E-state index contributed by atoms with van der Waals surface area (Å²) in [6.07, 6.45) is -1.22. The molecule has 1 atom stereocenters. The number of thiophene rings is 1. The Labute approximate surface area is 79.8 Å². The molecule has 0 spiro atoms.